The molecule has 0 bridgehead atoms. The summed E-state index contributed by atoms with van der Waals surface area (Å²) in [4.78, 5) is 17.1. The molecule has 6 heteroatoms. The van der Waals surface area contributed by atoms with E-state index in [0.29, 0.717) is 5.92 Å². The van der Waals surface area contributed by atoms with Crippen LogP contribution in [0.25, 0.3) is 0 Å². The van der Waals surface area contributed by atoms with Crippen LogP contribution in [0.1, 0.15) is 36.6 Å². The highest BCUT2D eigenvalue weighted by atomic mass is 16.4. The third kappa shape index (κ3) is 1.74. The predicted molar refractivity (Wildman–Crippen MR) is 72.6 cm³/mol. The van der Waals surface area contributed by atoms with Gasteiger partial charge in [0.2, 0.25) is 0 Å². The van der Waals surface area contributed by atoms with Gasteiger partial charge < -0.3 is 14.6 Å². The lowest BCUT2D eigenvalue weighted by Gasteiger charge is -2.46. The van der Waals surface area contributed by atoms with Crippen LogP contribution in [0.5, 0.6) is 0 Å². The molecule has 1 atom stereocenters. The van der Waals surface area contributed by atoms with E-state index in [1.54, 1.807) is 0 Å². The molecule has 2 fully saturated rings. The lowest BCUT2D eigenvalue weighted by molar-refractivity contribution is 0.0140. The topological polar surface area (TPSA) is 70.4 Å². The molecule has 1 aliphatic carbocycles. The summed E-state index contributed by atoms with van der Waals surface area (Å²) in [6.45, 7) is 3.34. The summed E-state index contributed by atoms with van der Waals surface area (Å²) in [5.41, 5.74) is 2.91. The van der Waals surface area contributed by atoms with Crippen molar-refractivity contribution in [3.8, 4) is 0 Å². The van der Waals surface area contributed by atoms with E-state index in [2.05, 4.69) is 14.9 Å². The monoisotopic (exact) mass is 276 g/mol. The number of likely N-dealkylation sites (tertiary alicyclic amines) is 1. The zero-order chi connectivity index (χ0) is 13.7. The number of rotatable bonds is 1. The van der Waals surface area contributed by atoms with Crippen LogP contribution in [-0.2, 0) is 13.1 Å². The molecule has 20 heavy (non-hydrogen) atoms. The Hall–Kier alpha value is -1.56. The second-order valence-corrected chi connectivity index (χ2v) is 6.53. The molecule has 2 aliphatic heterocycles. The molecule has 0 aromatic carbocycles. The van der Waals surface area contributed by atoms with Crippen LogP contribution in [-0.4, -0.2) is 45.3 Å². The van der Waals surface area contributed by atoms with Crippen LogP contribution < -0.4 is 5.32 Å². The summed E-state index contributed by atoms with van der Waals surface area (Å²) in [5, 5.41) is 12.3. The first kappa shape index (κ1) is 12.2. The minimum Gasteiger partial charge on any atom is -0.465 e. The van der Waals surface area contributed by atoms with Crippen molar-refractivity contribution in [1.29, 1.82) is 0 Å². The average molecular weight is 276 g/mol. The summed E-state index contributed by atoms with van der Waals surface area (Å²) >= 11 is 0. The van der Waals surface area contributed by atoms with Crippen LogP contribution in [0.15, 0.2) is 6.33 Å². The van der Waals surface area contributed by atoms with Gasteiger partial charge in [0.15, 0.2) is 0 Å². The maximum Gasteiger partial charge on any atom is 0.407 e. The molecule has 1 saturated heterocycles. The fourth-order valence-electron chi connectivity index (χ4n) is 4.21. The maximum absolute atomic E-state index is 10.9. The van der Waals surface area contributed by atoms with Crippen molar-refractivity contribution in [1.82, 2.24) is 19.8 Å². The van der Waals surface area contributed by atoms with Crippen molar-refractivity contribution in [2.45, 2.75) is 38.3 Å². The molecule has 1 aromatic rings. The molecule has 1 saturated carbocycles. The van der Waals surface area contributed by atoms with Crippen LogP contribution >= 0.6 is 0 Å². The summed E-state index contributed by atoms with van der Waals surface area (Å²) in [7, 11) is 0. The number of hydrogen-bond acceptors (Lipinski definition) is 3. The van der Waals surface area contributed by atoms with E-state index in [-0.39, 0.29) is 5.41 Å². The lowest BCUT2D eigenvalue weighted by Crippen LogP contribution is -2.56. The molecule has 4 rings (SSSR count). The number of amides is 1. The van der Waals surface area contributed by atoms with Crippen LogP contribution in [0.4, 0.5) is 4.79 Å². The molecule has 2 N–H and O–H groups in total. The number of imidazole rings is 1. The highest BCUT2D eigenvalue weighted by molar-refractivity contribution is 5.66. The molecule has 0 radical (unpaired) electrons. The molecule has 1 amide bonds. The van der Waals surface area contributed by atoms with Gasteiger partial charge in [0.1, 0.15) is 0 Å². The Labute approximate surface area is 117 Å². The highest BCUT2D eigenvalue weighted by Crippen LogP contribution is 2.51. The second-order valence-electron chi connectivity index (χ2n) is 6.53. The second kappa shape index (κ2) is 4.22. The van der Waals surface area contributed by atoms with Gasteiger partial charge in [0.05, 0.1) is 18.7 Å². The lowest BCUT2D eigenvalue weighted by atomic mass is 9.77. The Morgan fingerprint density at radius 1 is 1.50 bits per heavy atom. The van der Waals surface area contributed by atoms with E-state index in [9.17, 15) is 4.79 Å². The van der Waals surface area contributed by atoms with Gasteiger partial charge in [0.25, 0.3) is 0 Å². The van der Waals surface area contributed by atoms with E-state index in [0.717, 1.165) is 52.0 Å². The number of aromatic nitrogens is 2. The number of hydrogen-bond donors (Lipinski definition) is 2. The van der Waals surface area contributed by atoms with Gasteiger partial charge in [-0.1, -0.05) is 0 Å². The van der Waals surface area contributed by atoms with Gasteiger partial charge in [-0.2, -0.15) is 0 Å². The van der Waals surface area contributed by atoms with Gasteiger partial charge in [-0.05, 0) is 19.3 Å². The van der Waals surface area contributed by atoms with Crippen LogP contribution in [0, 0.1) is 5.41 Å². The molecule has 6 nitrogen and oxygen atoms in total. The third-order valence-corrected chi connectivity index (χ3v) is 5.21. The molecule has 1 spiro atoms. The summed E-state index contributed by atoms with van der Waals surface area (Å²) in [6, 6.07) is 0. The predicted octanol–water partition coefficient (Wildman–Crippen LogP) is 1.23. The summed E-state index contributed by atoms with van der Waals surface area (Å²) in [5.74, 6) is 0.528. The standard InChI is InChI=1S/C14H20N4O2/c19-13(20)17-6-14(7-17)3-1-10(5-14)12-11-2-4-15-8-18(11)9-16-12/h9-10,15H,1-8H2,(H,19,20). The van der Waals surface area contributed by atoms with Gasteiger partial charge in [-0.25, -0.2) is 9.78 Å². The van der Waals surface area contributed by atoms with Gasteiger partial charge in [-0.3, -0.25) is 5.32 Å². The van der Waals surface area contributed by atoms with E-state index in [1.807, 2.05) is 6.33 Å². The zero-order valence-electron chi connectivity index (χ0n) is 11.5. The minimum absolute atomic E-state index is 0.243. The molecule has 3 heterocycles. The number of fused-ring (bicyclic) bond motifs is 1. The van der Waals surface area contributed by atoms with Crippen molar-refractivity contribution in [2.75, 3.05) is 19.6 Å². The Balaban J connectivity index is 1.49. The van der Waals surface area contributed by atoms with Crippen LogP contribution in [0.2, 0.25) is 0 Å². The molecule has 3 aliphatic rings. The van der Waals surface area contributed by atoms with Gasteiger partial charge in [0, 0.05) is 43.1 Å². The van der Waals surface area contributed by atoms with Crippen molar-refractivity contribution < 1.29 is 9.90 Å². The maximum atomic E-state index is 10.9. The molecular weight excluding hydrogens is 256 g/mol. The molecule has 108 valence electrons. The van der Waals surface area contributed by atoms with E-state index >= 15 is 0 Å². The van der Waals surface area contributed by atoms with E-state index in [4.69, 9.17) is 5.11 Å². The van der Waals surface area contributed by atoms with Gasteiger partial charge in [-0.15, -0.1) is 0 Å². The third-order valence-electron chi connectivity index (χ3n) is 5.21. The fourth-order valence-corrected chi connectivity index (χ4v) is 4.21. The Kier molecular flexibility index (Phi) is 2.57. The van der Waals surface area contributed by atoms with Crippen LogP contribution in [0.3, 0.4) is 0 Å². The molecule has 1 aromatic heterocycles. The van der Waals surface area contributed by atoms with Crippen molar-refractivity contribution in [3.05, 3.63) is 17.7 Å². The first-order chi connectivity index (χ1) is 9.67. The first-order valence-electron chi connectivity index (χ1n) is 7.39. The first-order valence-corrected chi connectivity index (χ1v) is 7.39. The van der Waals surface area contributed by atoms with E-state index in [1.165, 1.54) is 16.3 Å². The highest BCUT2D eigenvalue weighted by Gasteiger charge is 2.50. The minimum atomic E-state index is -0.774. The quantitative estimate of drug-likeness (QED) is 0.809. The van der Waals surface area contributed by atoms with Crippen molar-refractivity contribution in [3.63, 3.8) is 0 Å². The smallest absolute Gasteiger partial charge is 0.407 e. The fraction of sp³-hybridized carbons (Fsp3) is 0.714. The Bertz CT molecular complexity index is 547. The molecule has 1 unspecified atom stereocenters. The number of carbonyl (C=O) groups is 1. The van der Waals surface area contributed by atoms with Gasteiger partial charge >= 0.3 is 6.09 Å². The number of nitrogens with zero attached hydrogens (tertiary/aromatic N) is 3. The number of nitrogens with one attached hydrogen (secondary N) is 1. The SMILES string of the molecule is O=C(O)N1CC2(CCC(c3ncn4c3CCNC4)C2)C1. The molecular formula is C14H20N4O2. The largest absolute Gasteiger partial charge is 0.465 e. The summed E-state index contributed by atoms with van der Waals surface area (Å²) in [6.07, 6.45) is 5.64. The Morgan fingerprint density at radius 3 is 3.15 bits per heavy atom. The number of carboxylic acid groups (broad SMARTS) is 1. The summed E-state index contributed by atoms with van der Waals surface area (Å²) < 4.78 is 2.22. The van der Waals surface area contributed by atoms with E-state index < -0.39 is 6.09 Å². The van der Waals surface area contributed by atoms with Crippen molar-refractivity contribution >= 4 is 6.09 Å². The normalized spacial score (nSPS) is 27.4. The van der Waals surface area contributed by atoms with Crippen molar-refractivity contribution in [2.24, 2.45) is 5.41 Å². The zero-order valence-corrected chi connectivity index (χ0v) is 11.5. The Morgan fingerprint density at radius 2 is 2.35 bits per heavy atom. The average Bonchev–Trinajstić information content (AvgIpc) is 3.00.